The van der Waals surface area contributed by atoms with Crippen molar-refractivity contribution in [1.82, 2.24) is 0 Å². The van der Waals surface area contributed by atoms with E-state index in [1.807, 2.05) is 30.3 Å². The number of aliphatic imine (C=N–C) groups is 1. The predicted molar refractivity (Wildman–Crippen MR) is 91.3 cm³/mol. The third-order valence-electron chi connectivity index (χ3n) is 2.90. The first-order valence-electron chi connectivity index (χ1n) is 7.30. The van der Waals surface area contributed by atoms with E-state index in [0.717, 1.165) is 5.56 Å². The Morgan fingerprint density at radius 3 is 2.00 bits per heavy atom. The molecule has 0 aliphatic carbocycles. The van der Waals surface area contributed by atoms with E-state index in [-0.39, 0.29) is 5.96 Å². The van der Waals surface area contributed by atoms with Gasteiger partial charge in [-0.3, -0.25) is 14.6 Å². The van der Waals surface area contributed by atoms with Gasteiger partial charge in [-0.15, -0.1) is 0 Å². The average molecular weight is 339 g/mol. The maximum absolute atomic E-state index is 10.4. The number of carbonyl (C=O) groups is 2. The molecule has 0 saturated carbocycles. The van der Waals surface area contributed by atoms with Crippen molar-refractivity contribution in [2.24, 2.45) is 27.9 Å². The molecule has 0 fully saturated rings. The highest BCUT2D eigenvalue weighted by Gasteiger charge is 2.11. The molecule has 134 valence electrons. The summed E-state index contributed by atoms with van der Waals surface area (Å²) in [6, 6.07) is 7.72. The molecule has 0 saturated heterocycles. The molecular formula is C15H25N5O4. The van der Waals surface area contributed by atoms with Crippen LogP contribution in [-0.2, 0) is 16.0 Å². The first-order chi connectivity index (χ1) is 11.2. The summed E-state index contributed by atoms with van der Waals surface area (Å²) in [5, 5.41) is 16.9. The van der Waals surface area contributed by atoms with Crippen molar-refractivity contribution >= 4 is 17.9 Å². The zero-order valence-corrected chi connectivity index (χ0v) is 13.3. The maximum Gasteiger partial charge on any atom is 0.320 e. The molecule has 9 nitrogen and oxygen atoms in total. The zero-order valence-electron chi connectivity index (χ0n) is 13.3. The fourth-order valence-electron chi connectivity index (χ4n) is 1.60. The van der Waals surface area contributed by atoms with E-state index in [0.29, 0.717) is 25.8 Å². The largest absolute Gasteiger partial charge is 0.480 e. The van der Waals surface area contributed by atoms with Gasteiger partial charge in [0.05, 0.1) is 0 Å². The third-order valence-corrected chi connectivity index (χ3v) is 2.90. The Kier molecular flexibility index (Phi) is 10.5. The Labute approximate surface area is 140 Å². The maximum atomic E-state index is 10.4. The summed E-state index contributed by atoms with van der Waals surface area (Å²) in [5.41, 5.74) is 21.6. The summed E-state index contributed by atoms with van der Waals surface area (Å²) < 4.78 is 0. The molecule has 0 amide bonds. The number of guanidine groups is 1. The quantitative estimate of drug-likeness (QED) is 0.199. The SMILES string of the molecule is NC(N)=NCCC[C@@H](N)C(=O)O.N[C@H](Cc1ccccc1)C(=O)O. The third kappa shape index (κ3) is 11.0. The van der Waals surface area contributed by atoms with Crippen molar-refractivity contribution in [1.29, 1.82) is 0 Å². The molecule has 0 aliphatic heterocycles. The molecule has 1 aromatic carbocycles. The Bertz CT molecular complexity index is 532. The zero-order chi connectivity index (χ0) is 18.5. The highest BCUT2D eigenvalue weighted by atomic mass is 16.4. The molecule has 24 heavy (non-hydrogen) atoms. The summed E-state index contributed by atoms with van der Waals surface area (Å²) in [6.45, 7) is 0.420. The van der Waals surface area contributed by atoms with Crippen molar-refractivity contribution in [3.8, 4) is 0 Å². The van der Waals surface area contributed by atoms with E-state index in [2.05, 4.69) is 4.99 Å². The lowest BCUT2D eigenvalue weighted by atomic mass is 10.1. The lowest BCUT2D eigenvalue weighted by Crippen LogP contribution is -2.32. The minimum atomic E-state index is -1.00. The molecule has 0 aliphatic rings. The summed E-state index contributed by atoms with van der Waals surface area (Å²) in [6.07, 6.45) is 1.34. The Morgan fingerprint density at radius 1 is 1.00 bits per heavy atom. The first-order valence-corrected chi connectivity index (χ1v) is 7.30. The number of nitrogens with two attached hydrogens (primary N) is 4. The predicted octanol–water partition coefficient (Wildman–Crippen LogP) is -0.907. The number of nitrogens with zero attached hydrogens (tertiary/aromatic N) is 1. The van der Waals surface area contributed by atoms with Crippen LogP contribution < -0.4 is 22.9 Å². The summed E-state index contributed by atoms with van der Waals surface area (Å²) in [5.74, 6) is -1.95. The molecule has 0 spiro atoms. The van der Waals surface area contributed by atoms with Gasteiger partial charge in [0.2, 0.25) is 0 Å². The van der Waals surface area contributed by atoms with Gasteiger partial charge in [-0.05, 0) is 24.8 Å². The van der Waals surface area contributed by atoms with Gasteiger partial charge in [0.1, 0.15) is 12.1 Å². The van der Waals surface area contributed by atoms with Gasteiger partial charge in [0.25, 0.3) is 0 Å². The van der Waals surface area contributed by atoms with Crippen LogP contribution in [0.4, 0.5) is 0 Å². The normalized spacial score (nSPS) is 12.2. The van der Waals surface area contributed by atoms with E-state index in [4.69, 9.17) is 33.1 Å². The molecular weight excluding hydrogens is 314 g/mol. The van der Waals surface area contributed by atoms with Gasteiger partial charge in [-0.2, -0.15) is 0 Å². The number of rotatable bonds is 8. The number of carboxylic acid groups (broad SMARTS) is 2. The second kappa shape index (κ2) is 11.9. The van der Waals surface area contributed by atoms with Crippen LogP contribution >= 0.6 is 0 Å². The van der Waals surface area contributed by atoms with Crippen molar-refractivity contribution < 1.29 is 19.8 Å². The second-order valence-corrected chi connectivity index (χ2v) is 5.03. The Morgan fingerprint density at radius 2 is 1.54 bits per heavy atom. The van der Waals surface area contributed by atoms with E-state index in [1.54, 1.807) is 0 Å². The molecule has 9 heteroatoms. The van der Waals surface area contributed by atoms with Crippen LogP contribution in [0, 0.1) is 0 Å². The van der Waals surface area contributed by atoms with Gasteiger partial charge in [0.15, 0.2) is 5.96 Å². The summed E-state index contributed by atoms with van der Waals surface area (Å²) >= 11 is 0. The van der Waals surface area contributed by atoms with E-state index in [9.17, 15) is 9.59 Å². The molecule has 0 radical (unpaired) electrons. The first kappa shape index (κ1) is 21.4. The number of hydrogen-bond acceptors (Lipinski definition) is 5. The minimum Gasteiger partial charge on any atom is -0.480 e. The summed E-state index contributed by atoms with van der Waals surface area (Å²) in [4.78, 5) is 24.3. The average Bonchev–Trinajstić information content (AvgIpc) is 2.52. The van der Waals surface area contributed by atoms with Gasteiger partial charge >= 0.3 is 11.9 Å². The van der Waals surface area contributed by atoms with Gasteiger partial charge in [-0.1, -0.05) is 30.3 Å². The standard InChI is InChI=1S/C9H11NO2.C6H14N4O2/c10-8(9(11)12)6-7-4-2-1-3-5-7;7-4(5(11)12)2-1-3-10-6(8)9/h1-5,8H,6,10H2,(H,11,12);4H,1-3,7H2,(H,11,12)(H4,8,9,10)/t8-;4-/m11/s1. The molecule has 0 bridgehead atoms. The second-order valence-electron chi connectivity index (χ2n) is 5.03. The number of benzene rings is 1. The number of carboxylic acids is 2. The topological polar surface area (TPSA) is 191 Å². The van der Waals surface area contributed by atoms with Crippen LogP contribution in [-0.4, -0.2) is 46.7 Å². The lowest BCUT2D eigenvalue weighted by Gasteiger charge is -2.04. The van der Waals surface area contributed by atoms with E-state index >= 15 is 0 Å². The highest BCUT2D eigenvalue weighted by Crippen LogP contribution is 2.01. The van der Waals surface area contributed by atoms with Crippen LogP contribution in [0.1, 0.15) is 18.4 Å². The van der Waals surface area contributed by atoms with Crippen molar-refractivity contribution in [3.63, 3.8) is 0 Å². The van der Waals surface area contributed by atoms with Crippen molar-refractivity contribution in [2.75, 3.05) is 6.54 Å². The van der Waals surface area contributed by atoms with Crippen molar-refractivity contribution in [3.05, 3.63) is 35.9 Å². The van der Waals surface area contributed by atoms with Gasteiger partial charge in [0, 0.05) is 6.54 Å². The Hall–Kier alpha value is -2.65. The summed E-state index contributed by atoms with van der Waals surface area (Å²) in [7, 11) is 0. The minimum absolute atomic E-state index is 0.0129. The van der Waals surface area contributed by atoms with Crippen LogP contribution in [0.15, 0.2) is 35.3 Å². The molecule has 1 aromatic rings. The molecule has 1 rings (SSSR count). The monoisotopic (exact) mass is 339 g/mol. The van der Waals surface area contributed by atoms with Crippen LogP contribution in [0.5, 0.6) is 0 Å². The van der Waals surface area contributed by atoms with Crippen molar-refractivity contribution in [2.45, 2.75) is 31.3 Å². The fraction of sp³-hybridized carbons (Fsp3) is 0.400. The smallest absolute Gasteiger partial charge is 0.320 e. The lowest BCUT2D eigenvalue weighted by molar-refractivity contribution is -0.139. The molecule has 0 aromatic heterocycles. The van der Waals surface area contributed by atoms with E-state index in [1.165, 1.54) is 0 Å². The molecule has 10 N–H and O–H groups in total. The molecule has 0 heterocycles. The molecule has 0 unspecified atom stereocenters. The Balaban J connectivity index is 0.000000441. The van der Waals surface area contributed by atoms with Crippen LogP contribution in [0.2, 0.25) is 0 Å². The highest BCUT2D eigenvalue weighted by molar-refractivity contribution is 5.75. The van der Waals surface area contributed by atoms with Gasteiger partial charge < -0.3 is 33.1 Å². The van der Waals surface area contributed by atoms with Gasteiger partial charge in [-0.25, -0.2) is 0 Å². The fourth-order valence-corrected chi connectivity index (χ4v) is 1.60. The molecule has 2 atom stereocenters. The number of hydrogen-bond donors (Lipinski definition) is 6. The van der Waals surface area contributed by atoms with Crippen LogP contribution in [0.3, 0.4) is 0 Å². The van der Waals surface area contributed by atoms with Crippen LogP contribution in [0.25, 0.3) is 0 Å². The van der Waals surface area contributed by atoms with E-state index < -0.39 is 24.0 Å². The number of aliphatic carboxylic acids is 2.